The van der Waals surface area contributed by atoms with Gasteiger partial charge >= 0.3 is 0 Å². The maximum atomic E-state index is 5.29. The van der Waals surface area contributed by atoms with Gasteiger partial charge < -0.3 is 4.74 Å². The van der Waals surface area contributed by atoms with Crippen molar-refractivity contribution in [1.82, 2.24) is 9.78 Å². The van der Waals surface area contributed by atoms with Crippen LogP contribution in [0, 0.1) is 6.92 Å². The van der Waals surface area contributed by atoms with Gasteiger partial charge in [-0.1, -0.05) is 30.3 Å². The molecule has 2 rings (SSSR count). The van der Waals surface area contributed by atoms with Crippen LogP contribution in [0.4, 0.5) is 0 Å². The molecule has 0 aliphatic carbocycles. The quantitative estimate of drug-likeness (QED) is 0.763. The zero-order valence-electron chi connectivity index (χ0n) is 8.97. The number of aromatic nitrogens is 2. The molecule has 3 nitrogen and oxygen atoms in total. The number of methoxy groups -OCH3 is 1. The zero-order valence-corrected chi connectivity index (χ0v) is 8.97. The second kappa shape index (κ2) is 4.17. The predicted molar refractivity (Wildman–Crippen MR) is 59.1 cm³/mol. The van der Waals surface area contributed by atoms with Crippen LogP contribution in [0.5, 0.6) is 5.88 Å². The molecular formula is C12H14N2O. The van der Waals surface area contributed by atoms with Gasteiger partial charge in [-0.2, -0.15) is 5.10 Å². The Morgan fingerprint density at radius 3 is 2.67 bits per heavy atom. The Labute approximate surface area is 89.3 Å². The summed E-state index contributed by atoms with van der Waals surface area (Å²) in [4.78, 5) is 0. The fourth-order valence-electron chi connectivity index (χ4n) is 1.60. The van der Waals surface area contributed by atoms with Crippen LogP contribution < -0.4 is 4.74 Å². The molecule has 15 heavy (non-hydrogen) atoms. The van der Waals surface area contributed by atoms with E-state index in [2.05, 4.69) is 17.2 Å². The van der Waals surface area contributed by atoms with Gasteiger partial charge in [-0.05, 0) is 12.5 Å². The third-order valence-electron chi connectivity index (χ3n) is 2.33. The number of rotatable bonds is 3. The number of nitrogens with zero attached hydrogens (tertiary/aromatic N) is 2. The number of aryl methyl sites for hydroxylation is 1. The van der Waals surface area contributed by atoms with Crippen LogP contribution in [-0.4, -0.2) is 16.9 Å². The van der Waals surface area contributed by atoms with Gasteiger partial charge in [-0.25, -0.2) is 4.68 Å². The molecule has 0 N–H and O–H groups in total. The largest absolute Gasteiger partial charge is 0.481 e. The van der Waals surface area contributed by atoms with Crippen molar-refractivity contribution in [3.05, 3.63) is 47.7 Å². The van der Waals surface area contributed by atoms with Gasteiger partial charge in [0.05, 0.1) is 19.9 Å². The number of hydrogen-bond acceptors (Lipinski definition) is 2. The number of benzene rings is 1. The van der Waals surface area contributed by atoms with Gasteiger partial charge in [-0.15, -0.1) is 0 Å². The number of hydrogen-bond donors (Lipinski definition) is 0. The normalized spacial score (nSPS) is 10.3. The van der Waals surface area contributed by atoms with E-state index in [0.717, 1.165) is 18.0 Å². The Morgan fingerprint density at radius 1 is 1.27 bits per heavy atom. The van der Waals surface area contributed by atoms with Crippen molar-refractivity contribution >= 4 is 0 Å². The van der Waals surface area contributed by atoms with Crippen molar-refractivity contribution in [1.29, 1.82) is 0 Å². The Kier molecular flexibility index (Phi) is 2.72. The molecule has 0 saturated heterocycles. The second-order valence-electron chi connectivity index (χ2n) is 3.48. The molecule has 1 aromatic heterocycles. The topological polar surface area (TPSA) is 27.1 Å². The van der Waals surface area contributed by atoms with Crippen LogP contribution in [0.2, 0.25) is 0 Å². The minimum absolute atomic E-state index is 0.748. The molecule has 0 spiro atoms. The summed E-state index contributed by atoms with van der Waals surface area (Å²) in [5.41, 5.74) is 2.28. The Bertz CT molecular complexity index is 434. The van der Waals surface area contributed by atoms with E-state index in [1.54, 1.807) is 7.11 Å². The highest BCUT2D eigenvalue weighted by Crippen LogP contribution is 2.17. The molecule has 1 aromatic carbocycles. The summed E-state index contributed by atoms with van der Waals surface area (Å²) in [6.07, 6.45) is 1.82. The van der Waals surface area contributed by atoms with E-state index in [9.17, 15) is 0 Å². The highest BCUT2D eigenvalue weighted by Gasteiger charge is 2.06. The lowest BCUT2D eigenvalue weighted by Crippen LogP contribution is -2.04. The van der Waals surface area contributed by atoms with Crippen molar-refractivity contribution in [3.8, 4) is 5.88 Å². The summed E-state index contributed by atoms with van der Waals surface area (Å²) in [6.45, 7) is 2.74. The smallest absolute Gasteiger partial charge is 0.214 e. The second-order valence-corrected chi connectivity index (χ2v) is 3.48. The predicted octanol–water partition coefficient (Wildman–Crippen LogP) is 2.25. The molecule has 0 amide bonds. The molecule has 2 aromatic rings. The first-order valence-electron chi connectivity index (χ1n) is 4.91. The fourth-order valence-corrected chi connectivity index (χ4v) is 1.60. The minimum Gasteiger partial charge on any atom is -0.481 e. The van der Waals surface area contributed by atoms with E-state index in [1.807, 2.05) is 36.0 Å². The summed E-state index contributed by atoms with van der Waals surface area (Å²) >= 11 is 0. The van der Waals surface area contributed by atoms with Crippen molar-refractivity contribution in [3.63, 3.8) is 0 Å². The maximum Gasteiger partial charge on any atom is 0.214 e. The molecule has 0 saturated carbocycles. The van der Waals surface area contributed by atoms with Crippen LogP contribution >= 0.6 is 0 Å². The van der Waals surface area contributed by atoms with Crippen molar-refractivity contribution < 1.29 is 4.74 Å². The lowest BCUT2D eigenvalue weighted by molar-refractivity contribution is 0.364. The van der Waals surface area contributed by atoms with Crippen molar-refractivity contribution in [2.75, 3.05) is 7.11 Å². The van der Waals surface area contributed by atoms with Crippen molar-refractivity contribution in [2.24, 2.45) is 0 Å². The van der Waals surface area contributed by atoms with Gasteiger partial charge in [-0.3, -0.25) is 0 Å². The van der Waals surface area contributed by atoms with Crippen molar-refractivity contribution in [2.45, 2.75) is 13.5 Å². The van der Waals surface area contributed by atoms with Gasteiger partial charge in [0.1, 0.15) is 0 Å². The lowest BCUT2D eigenvalue weighted by Gasteiger charge is -2.06. The Balaban J connectivity index is 2.25. The standard InChI is InChI=1S/C12H14N2O/c1-10-8-13-14(12(10)15-2)9-11-6-4-3-5-7-11/h3-8H,9H2,1-2H3. The Morgan fingerprint density at radius 2 is 2.00 bits per heavy atom. The van der Waals surface area contributed by atoms with E-state index in [0.29, 0.717) is 0 Å². The van der Waals surface area contributed by atoms with E-state index in [-0.39, 0.29) is 0 Å². The Hall–Kier alpha value is -1.77. The molecule has 78 valence electrons. The summed E-state index contributed by atoms with van der Waals surface area (Å²) in [5.74, 6) is 0.832. The van der Waals surface area contributed by atoms with Crippen LogP contribution in [0.3, 0.4) is 0 Å². The molecule has 0 fully saturated rings. The highest BCUT2D eigenvalue weighted by atomic mass is 16.5. The fraction of sp³-hybridized carbons (Fsp3) is 0.250. The molecule has 0 aliphatic heterocycles. The summed E-state index contributed by atoms with van der Waals surface area (Å²) in [7, 11) is 1.67. The monoisotopic (exact) mass is 202 g/mol. The molecule has 0 unspecified atom stereocenters. The zero-order chi connectivity index (χ0) is 10.7. The summed E-state index contributed by atoms with van der Waals surface area (Å²) in [5, 5.41) is 4.27. The molecule has 1 heterocycles. The summed E-state index contributed by atoms with van der Waals surface area (Å²) in [6, 6.07) is 10.2. The average Bonchev–Trinajstić information content (AvgIpc) is 2.61. The average molecular weight is 202 g/mol. The lowest BCUT2D eigenvalue weighted by atomic mass is 10.2. The third kappa shape index (κ3) is 2.01. The van der Waals surface area contributed by atoms with E-state index in [4.69, 9.17) is 4.74 Å². The molecule has 3 heteroatoms. The third-order valence-corrected chi connectivity index (χ3v) is 2.33. The van der Waals surface area contributed by atoms with Gasteiger partial charge in [0, 0.05) is 5.56 Å². The molecule has 0 atom stereocenters. The number of ether oxygens (including phenoxy) is 1. The summed E-state index contributed by atoms with van der Waals surface area (Å²) < 4.78 is 7.15. The van der Waals surface area contributed by atoms with E-state index < -0.39 is 0 Å². The van der Waals surface area contributed by atoms with E-state index in [1.165, 1.54) is 5.56 Å². The first-order valence-corrected chi connectivity index (χ1v) is 4.91. The molecule has 0 aliphatic rings. The van der Waals surface area contributed by atoms with Crippen LogP contribution in [0.25, 0.3) is 0 Å². The molecular weight excluding hydrogens is 188 g/mol. The van der Waals surface area contributed by atoms with Gasteiger partial charge in [0.25, 0.3) is 0 Å². The highest BCUT2D eigenvalue weighted by molar-refractivity contribution is 5.24. The maximum absolute atomic E-state index is 5.29. The SMILES string of the molecule is COc1c(C)cnn1Cc1ccccc1. The molecule has 0 bridgehead atoms. The van der Waals surface area contributed by atoms with Crippen LogP contribution in [-0.2, 0) is 6.54 Å². The molecule has 0 radical (unpaired) electrons. The van der Waals surface area contributed by atoms with Gasteiger partial charge in [0.2, 0.25) is 5.88 Å². The van der Waals surface area contributed by atoms with Gasteiger partial charge in [0.15, 0.2) is 0 Å². The van der Waals surface area contributed by atoms with Crippen LogP contribution in [0.15, 0.2) is 36.5 Å². The minimum atomic E-state index is 0.748. The van der Waals surface area contributed by atoms with E-state index >= 15 is 0 Å². The first kappa shape index (κ1) is 9.77. The first-order chi connectivity index (χ1) is 7.31. The van der Waals surface area contributed by atoms with Crippen LogP contribution in [0.1, 0.15) is 11.1 Å².